The molecule has 5 aromatic rings. The minimum atomic E-state index is -1.01. The maximum atomic E-state index is 13.0. The molecular formula is C28H21N5O3. The number of amides is 1. The van der Waals surface area contributed by atoms with E-state index in [4.69, 9.17) is 0 Å². The zero-order valence-electron chi connectivity index (χ0n) is 19.0. The van der Waals surface area contributed by atoms with Gasteiger partial charge in [0, 0.05) is 58.0 Å². The van der Waals surface area contributed by atoms with Crippen LogP contribution in [0.4, 0.5) is 28.4 Å². The Bertz CT molecular complexity index is 1570. The molecule has 1 amide bonds. The van der Waals surface area contributed by atoms with E-state index in [0.29, 0.717) is 33.5 Å². The molecule has 0 spiro atoms. The summed E-state index contributed by atoms with van der Waals surface area (Å²) in [4.78, 5) is 32.7. The van der Waals surface area contributed by atoms with E-state index in [-0.39, 0.29) is 11.5 Å². The monoisotopic (exact) mass is 475 g/mol. The number of benzene rings is 3. The van der Waals surface area contributed by atoms with E-state index in [1.807, 2.05) is 42.5 Å². The maximum absolute atomic E-state index is 13.0. The van der Waals surface area contributed by atoms with E-state index < -0.39 is 5.97 Å². The lowest BCUT2D eigenvalue weighted by molar-refractivity contribution is 0.0697. The number of rotatable bonds is 7. The quantitative estimate of drug-likeness (QED) is 0.226. The molecule has 2 aromatic heterocycles. The molecule has 0 aliphatic heterocycles. The van der Waals surface area contributed by atoms with Crippen molar-refractivity contribution in [1.29, 1.82) is 0 Å². The van der Waals surface area contributed by atoms with Crippen LogP contribution < -0.4 is 16.0 Å². The molecule has 0 atom stereocenters. The molecule has 0 saturated carbocycles. The van der Waals surface area contributed by atoms with E-state index in [1.54, 1.807) is 55.0 Å². The number of carboxylic acids is 1. The fourth-order valence-electron chi connectivity index (χ4n) is 3.76. The summed E-state index contributed by atoms with van der Waals surface area (Å²) in [6.07, 6.45) is 5.05. The lowest BCUT2D eigenvalue weighted by atomic mass is 10.1. The van der Waals surface area contributed by atoms with E-state index in [9.17, 15) is 14.7 Å². The molecule has 8 nitrogen and oxygen atoms in total. The van der Waals surface area contributed by atoms with E-state index in [0.717, 1.165) is 11.4 Å². The van der Waals surface area contributed by atoms with Crippen LogP contribution in [0, 0.1) is 0 Å². The standard InChI is InChI=1S/C28H21N5O3/c34-27(33-23-6-2-5-22(17-23)31-20-9-12-29-13-10-20)18-3-1-4-21(15-18)32-26-11-14-30-25-8-7-19(28(35)36)16-24(25)26/h1-17H,(H,29,31)(H,30,32)(H,33,34)(H,35,36). The number of nitrogens with zero attached hydrogens (tertiary/aromatic N) is 2. The third-order valence-corrected chi connectivity index (χ3v) is 5.48. The second-order valence-electron chi connectivity index (χ2n) is 8.00. The Morgan fingerprint density at radius 1 is 0.667 bits per heavy atom. The van der Waals surface area contributed by atoms with Gasteiger partial charge in [0.15, 0.2) is 0 Å². The first-order valence-electron chi connectivity index (χ1n) is 11.1. The summed E-state index contributed by atoms with van der Waals surface area (Å²) in [7, 11) is 0. The highest BCUT2D eigenvalue weighted by atomic mass is 16.4. The highest BCUT2D eigenvalue weighted by Crippen LogP contribution is 2.27. The fourth-order valence-corrected chi connectivity index (χ4v) is 3.76. The zero-order chi connectivity index (χ0) is 24.9. The average molecular weight is 476 g/mol. The highest BCUT2D eigenvalue weighted by molar-refractivity contribution is 6.05. The van der Waals surface area contributed by atoms with Gasteiger partial charge in [0.1, 0.15) is 0 Å². The Labute approximate surface area is 206 Å². The Kier molecular flexibility index (Phi) is 6.23. The van der Waals surface area contributed by atoms with E-state index >= 15 is 0 Å². The van der Waals surface area contributed by atoms with Gasteiger partial charge in [-0.1, -0.05) is 12.1 Å². The lowest BCUT2D eigenvalue weighted by Gasteiger charge is -2.12. The molecule has 4 N–H and O–H groups in total. The van der Waals surface area contributed by atoms with Gasteiger partial charge in [0.25, 0.3) is 5.91 Å². The number of hydrogen-bond donors (Lipinski definition) is 4. The van der Waals surface area contributed by atoms with Gasteiger partial charge in [-0.05, 0) is 72.8 Å². The normalized spacial score (nSPS) is 10.6. The van der Waals surface area contributed by atoms with Crippen molar-refractivity contribution in [3.63, 3.8) is 0 Å². The number of aromatic nitrogens is 2. The van der Waals surface area contributed by atoms with Gasteiger partial charge in [0.05, 0.1) is 11.1 Å². The number of fused-ring (bicyclic) bond motifs is 1. The third-order valence-electron chi connectivity index (χ3n) is 5.48. The smallest absolute Gasteiger partial charge is 0.335 e. The number of nitrogens with one attached hydrogen (secondary N) is 3. The van der Waals surface area contributed by atoms with Gasteiger partial charge in [-0.3, -0.25) is 14.8 Å². The zero-order valence-corrected chi connectivity index (χ0v) is 19.0. The molecule has 36 heavy (non-hydrogen) atoms. The summed E-state index contributed by atoms with van der Waals surface area (Å²) in [5, 5.41) is 19.5. The molecule has 2 heterocycles. The van der Waals surface area contributed by atoms with Crippen LogP contribution in [0.3, 0.4) is 0 Å². The first-order valence-corrected chi connectivity index (χ1v) is 11.1. The van der Waals surface area contributed by atoms with Crippen molar-refractivity contribution in [2.75, 3.05) is 16.0 Å². The van der Waals surface area contributed by atoms with Crippen molar-refractivity contribution in [2.45, 2.75) is 0 Å². The molecule has 0 unspecified atom stereocenters. The number of carboxylic acid groups (broad SMARTS) is 1. The maximum Gasteiger partial charge on any atom is 0.335 e. The predicted octanol–water partition coefficient (Wildman–Crippen LogP) is 6.07. The summed E-state index contributed by atoms with van der Waals surface area (Å²) in [5.74, 6) is -1.27. The summed E-state index contributed by atoms with van der Waals surface area (Å²) in [5.41, 5.74) is 5.06. The van der Waals surface area contributed by atoms with Crippen molar-refractivity contribution in [2.24, 2.45) is 0 Å². The molecule has 0 aliphatic carbocycles. The Morgan fingerprint density at radius 3 is 2.22 bits per heavy atom. The van der Waals surface area contributed by atoms with E-state index in [2.05, 4.69) is 25.9 Å². The van der Waals surface area contributed by atoms with Crippen LogP contribution in [0.25, 0.3) is 10.9 Å². The fraction of sp³-hybridized carbons (Fsp3) is 0. The minimum absolute atomic E-state index is 0.173. The molecule has 0 bridgehead atoms. The predicted molar refractivity (Wildman–Crippen MR) is 140 cm³/mol. The highest BCUT2D eigenvalue weighted by Gasteiger charge is 2.10. The molecule has 5 rings (SSSR count). The van der Waals surface area contributed by atoms with Crippen LogP contribution in [0.2, 0.25) is 0 Å². The molecule has 0 fully saturated rings. The van der Waals surface area contributed by atoms with Crippen molar-refractivity contribution in [1.82, 2.24) is 9.97 Å². The Balaban J connectivity index is 1.34. The summed E-state index contributed by atoms with van der Waals surface area (Å²) < 4.78 is 0. The average Bonchev–Trinajstić information content (AvgIpc) is 2.89. The van der Waals surface area contributed by atoms with Gasteiger partial charge >= 0.3 is 5.97 Å². The summed E-state index contributed by atoms with van der Waals surface area (Å²) in [6, 6.07) is 24.8. The van der Waals surface area contributed by atoms with Gasteiger partial charge in [0.2, 0.25) is 0 Å². The molecule has 0 saturated heterocycles. The van der Waals surface area contributed by atoms with Gasteiger partial charge in [-0.15, -0.1) is 0 Å². The molecule has 0 radical (unpaired) electrons. The molecule has 0 aliphatic rings. The second-order valence-corrected chi connectivity index (χ2v) is 8.00. The topological polar surface area (TPSA) is 116 Å². The molecule has 8 heteroatoms. The molecular weight excluding hydrogens is 454 g/mol. The number of anilines is 5. The Hall–Kier alpha value is -5.24. The second kappa shape index (κ2) is 9.94. The first kappa shape index (κ1) is 22.5. The van der Waals surface area contributed by atoms with Crippen molar-refractivity contribution >= 4 is 51.2 Å². The van der Waals surface area contributed by atoms with E-state index in [1.165, 1.54) is 6.07 Å². The SMILES string of the molecule is O=C(O)c1ccc2nccc(Nc3cccc(C(=O)Nc4cccc(Nc5ccncc5)c4)c3)c2c1. The van der Waals surface area contributed by atoms with Crippen molar-refractivity contribution < 1.29 is 14.7 Å². The third kappa shape index (κ3) is 5.13. The minimum Gasteiger partial charge on any atom is -0.478 e. The van der Waals surface area contributed by atoms with Crippen LogP contribution >= 0.6 is 0 Å². The number of aromatic carboxylic acids is 1. The number of carbonyl (C=O) groups is 2. The van der Waals surface area contributed by atoms with Crippen LogP contribution in [0.5, 0.6) is 0 Å². The number of hydrogen-bond acceptors (Lipinski definition) is 6. The van der Waals surface area contributed by atoms with Crippen molar-refractivity contribution in [3.05, 3.63) is 115 Å². The summed E-state index contributed by atoms with van der Waals surface area (Å²) in [6.45, 7) is 0. The first-order chi connectivity index (χ1) is 17.5. The Morgan fingerprint density at radius 2 is 1.42 bits per heavy atom. The van der Waals surface area contributed by atoms with Gasteiger partial charge < -0.3 is 21.1 Å². The molecule has 176 valence electrons. The van der Waals surface area contributed by atoms with Crippen LogP contribution in [-0.2, 0) is 0 Å². The van der Waals surface area contributed by atoms with Crippen LogP contribution in [0.15, 0.2) is 104 Å². The van der Waals surface area contributed by atoms with Crippen LogP contribution in [-0.4, -0.2) is 27.0 Å². The van der Waals surface area contributed by atoms with Gasteiger partial charge in [-0.2, -0.15) is 0 Å². The molecule has 3 aromatic carbocycles. The van der Waals surface area contributed by atoms with Crippen molar-refractivity contribution in [3.8, 4) is 0 Å². The van der Waals surface area contributed by atoms with Crippen LogP contribution in [0.1, 0.15) is 20.7 Å². The number of pyridine rings is 2. The lowest BCUT2D eigenvalue weighted by Crippen LogP contribution is -2.12. The summed E-state index contributed by atoms with van der Waals surface area (Å²) >= 11 is 0. The number of carbonyl (C=O) groups excluding carboxylic acids is 1. The largest absolute Gasteiger partial charge is 0.478 e. The van der Waals surface area contributed by atoms with Gasteiger partial charge in [-0.25, -0.2) is 4.79 Å².